The number of aliphatic imine (C=N–C) groups is 1. The third kappa shape index (κ3) is 4.03. The van der Waals surface area contributed by atoms with Gasteiger partial charge < -0.3 is 5.32 Å². The average Bonchev–Trinajstić information content (AvgIpc) is 2.74. The lowest BCUT2D eigenvalue weighted by molar-refractivity contribution is 0.436. The van der Waals surface area contributed by atoms with Crippen molar-refractivity contribution in [3.8, 4) is 0 Å². The summed E-state index contributed by atoms with van der Waals surface area (Å²) >= 11 is 3.68. The molecule has 0 spiro atoms. The second kappa shape index (κ2) is 5.44. The predicted molar refractivity (Wildman–Crippen MR) is 79.2 cm³/mol. The van der Waals surface area contributed by atoms with Crippen LogP contribution in [0.4, 0.5) is 0 Å². The Morgan fingerprint density at radius 3 is 2.94 bits per heavy atom. The van der Waals surface area contributed by atoms with Crippen molar-refractivity contribution in [3.63, 3.8) is 0 Å². The maximum atomic E-state index is 4.62. The quantitative estimate of drug-likeness (QED) is 0.908. The van der Waals surface area contributed by atoms with Gasteiger partial charge in [-0.15, -0.1) is 11.3 Å². The molecular weight excluding hydrogens is 248 g/mol. The molecule has 0 aliphatic carbocycles. The van der Waals surface area contributed by atoms with Crippen molar-refractivity contribution in [2.45, 2.75) is 33.2 Å². The topological polar surface area (TPSA) is 24.4 Å². The summed E-state index contributed by atoms with van der Waals surface area (Å²) in [6, 6.07) is 4.77. The van der Waals surface area contributed by atoms with Crippen LogP contribution in [-0.2, 0) is 6.42 Å². The summed E-state index contributed by atoms with van der Waals surface area (Å²) < 4.78 is 0. The van der Waals surface area contributed by atoms with Crippen LogP contribution in [0.25, 0.3) is 0 Å². The molecule has 1 atom stereocenters. The third-order valence-corrected chi connectivity index (χ3v) is 5.05. The van der Waals surface area contributed by atoms with Gasteiger partial charge in [0.05, 0.1) is 0 Å². The molecule has 1 aromatic heterocycles. The Hall–Kier alpha value is -0.480. The summed E-state index contributed by atoms with van der Waals surface area (Å²) in [6.45, 7) is 7.71. The molecule has 0 radical (unpaired) electrons. The zero-order chi connectivity index (χ0) is 12.3. The van der Waals surface area contributed by atoms with Gasteiger partial charge in [0.25, 0.3) is 0 Å². The number of thiophene rings is 1. The van der Waals surface area contributed by atoms with Crippen molar-refractivity contribution >= 4 is 28.3 Å². The first-order valence-corrected chi connectivity index (χ1v) is 7.88. The zero-order valence-corrected chi connectivity index (χ0v) is 12.3. The van der Waals surface area contributed by atoms with Crippen molar-refractivity contribution in [1.29, 1.82) is 0 Å². The molecule has 1 N–H and O–H groups in total. The summed E-state index contributed by atoms with van der Waals surface area (Å²) in [5.41, 5.74) is 0.354. The SMILES string of the molecule is CC(Cc1cccs1)NC1=NCC(C)(C)CS1. The molecule has 1 aliphatic rings. The van der Waals surface area contributed by atoms with Gasteiger partial charge in [0.1, 0.15) is 0 Å². The van der Waals surface area contributed by atoms with E-state index >= 15 is 0 Å². The van der Waals surface area contributed by atoms with Gasteiger partial charge in [0.2, 0.25) is 0 Å². The predicted octanol–water partition coefficient (Wildman–Crippen LogP) is 3.40. The van der Waals surface area contributed by atoms with Gasteiger partial charge in [0.15, 0.2) is 5.17 Å². The molecule has 1 aromatic rings. The Morgan fingerprint density at radius 2 is 2.35 bits per heavy atom. The third-order valence-electron chi connectivity index (χ3n) is 2.71. The number of hydrogen-bond acceptors (Lipinski definition) is 4. The Kier molecular flexibility index (Phi) is 4.15. The van der Waals surface area contributed by atoms with Crippen LogP contribution in [0.2, 0.25) is 0 Å². The lowest BCUT2D eigenvalue weighted by Gasteiger charge is -2.28. The molecular formula is C13H20N2S2. The van der Waals surface area contributed by atoms with Gasteiger partial charge in [0, 0.05) is 29.6 Å². The standard InChI is InChI=1S/C13H20N2S2/c1-10(7-11-5-4-6-16-11)15-12-14-8-13(2,3)9-17-12/h4-6,10H,7-9H2,1-3H3,(H,14,15). The molecule has 2 rings (SSSR count). The number of nitrogens with zero attached hydrogens (tertiary/aromatic N) is 1. The Bertz CT molecular complexity index is 382. The molecule has 0 fully saturated rings. The van der Waals surface area contributed by atoms with Crippen LogP contribution < -0.4 is 5.32 Å². The van der Waals surface area contributed by atoms with Gasteiger partial charge in [-0.1, -0.05) is 31.7 Å². The van der Waals surface area contributed by atoms with Gasteiger partial charge in [-0.2, -0.15) is 0 Å². The highest BCUT2D eigenvalue weighted by molar-refractivity contribution is 8.13. The van der Waals surface area contributed by atoms with E-state index in [1.807, 2.05) is 23.1 Å². The summed E-state index contributed by atoms with van der Waals surface area (Å²) in [5, 5.41) is 6.77. The molecule has 17 heavy (non-hydrogen) atoms. The number of nitrogens with one attached hydrogen (secondary N) is 1. The van der Waals surface area contributed by atoms with Crippen molar-refractivity contribution in [2.24, 2.45) is 10.4 Å². The minimum atomic E-state index is 0.354. The highest BCUT2D eigenvalue weighted by Crippen LogP contribution is 2.27. The minimum Gasteiger partial charge on any atom is -0.362 e. The van der Waals surface area contributed by atoms with E-state index in [-0.39, 0.29) is 0 Å². The molecule has 0 saturated carbocycles. The summed E-state index contributed by atoms with van der Waals surface area (Å²) in [4.78, 5) is 6.06. The molecule has 1 unspecified atom stereocenters. The van der Waals surface area contributed by atoms with Gasteiger partial charge in [-0.3, -0.25) is 4.99 Å². The largest absolute Gasteiger partial charge is 0.362 e. The van der Waals surface area contributed by atoms with E-state index < -0.39 is 0 Å². The van der Waals surface area contributed by atoms with E-state index in [1.165, 1.54) is 4.88 Å². The average molecular weight is 268 g/mol. The molecule has 0 aromatic carbocycles. The second-order valence-corrected chi connectivity index (χ2v) is 7.40. The summed E-state index contributed by atoms with van der Waals surface area (Å²) in [7, 11) is 0. The van der Waals surface area contributed by atoms with Crippen LogP contribution in [-0.4, -0.2) is 23.5 Å². The molecule has 0 amide bonds. The van der Waals surface area contributed by atoms with Gasteiger partial charge >= 0.3 is 0 Å². The van der Waals surface area contributed by atoms with E-state index in [0.29, 0.717) is 11.5 Å². The number of hydrogen-bond donors (Lipinski definition) is 1. The fourth-order valence-electron chi connectivity index (χ4n) is 1.72. The van der Waals surface area contributed by atoms with Crippen molar-refractivity contribution in [1.82, 2.24) is 5.32 Å². The maximum absolute atomic E-state index is 4.62. The molecule has 1 aliphatic heterocycles. The smallest absolute Gasteiger partial charge is 0.156 e. The van der Waals surface area contributed by atoms with Crippen LogP contribution >= 0.6 is 23.1 Å². The zero-order valence-electron chi connectivity index (χ0n) is 10.7. The van der Waals surface area contributed by atoms with E-state index in [1.54, 1.807) is 0 Å². The number of amidine groups is 1. The van der Waals surface area contributed by atoms with E-state index in [4.69, 9.17) is 0 Å². The number of rotatable bonds is 3. The van der Waals surface area contributed by atoms with E-state index in [0.717, 1.165) is 23.9 Å². The molecule has 0 bridgehead atoms. The Balaban J connectivity index is 1.83. The normalized spacial score (nSPS) is 20.8. The molecule has 4 heteroatoms. The van der Waals surface area contributed by atoms with Crippen LogP contribution in [0.3, 0.4) is 0 Å². The maximum Gasteiger partial charge on any atom is 0.156 e. The van der Waals surface area contributed by atoms with Gasteiger partial charge in [-0.05, 0) is 23.8 Å². The fourth-order valence-corrected chi connectivity index (χ4v) is 3.61. The highest BCUT2D eigenvalue weighted by Gasteiger charge is 2.23. The molecule has 2 nitrogen and oxygen atoms in total. The van der Waals surface area contributed by atoms with Crippen LogP contribution in [0.1, 0.15) is 25.6 Å². The highest BCUT2D eigenvalue weighted by atomic mass is 32.2. The van der Waals surface area contributed by atoms with Crippen molar-refractivity contribution in [2.75, 3.05) is 12.3 Å². The van der Waals surface area contributed by atoms with E-state index in [9.17, 15) is 0 Å². The van der Waals surface area contributed by atoms with E-state index in [2.05, 4.69) is 48.6 Å². The van der Waals surface area contributed by atoms with Crippen LogP contribution in [0.15, 0.2) is 22.5 Å². The lowest BCUT2D eigenvalue weighted by atomic mass is 9.97. The van der Waals surface area contributed by atoms with Crippen molar-refractivity contribution < 1.29 is 0 Å². The number of thioether (sulfide) groups is 1. The van der Waals surface area contributed by atoms with Crippen LogP contribution in [0, 0.1) is 5.41 Å². The second-order valence-electron chi connectivity index (χ2n) is 5.40. The lowest BCUT2D eigenvalue weighted by Crippen LogP contribution is -2.36. The molecule has 94 valence electrons. The van der Waals surface area contributed by atoms with Crippen LogP contribution in [0.5, 0.6) is 0 Å². The monoisotopic (exact) mass is 268 g/mol. The summed E-state index contributed by atoms with van der Waals surface area (Å²) in [5.74, 6) is 1.16. The first-order valence-electron chi connectivity index (χ1n) is 6.01. The molecule has 2 heterocycles. The first kappa shape index (κ1) is 13.0. The Morgan fingerprint density at radius 1 is 1.53 bits per heavy atom. The van der Waals surface area contributed by atoms with Gasteiger partial charge in [-0.25, -0.2) is 0 Å². The molecule has 0 saturated heterocycles. The van der Waals surface area contributed by atoms with Crippen molar-refractivity contribution in [3.05, 3.63) is 22.4 Å². The first-order chi connectivity index (χ1) is 8.05. The Labute approximate surface area is 112 Å². The summed E-state index contributed by atoms with van der Waals surface area (Å²) in [6.07, 6.45) is 1.08. The fraction of sp³-hybridized carbons (Fsp3) is 0.615. The minimum absolute atomic E-state index is 0.354.